The number of carbonyl (C=O) groups excluding carboxylic acids is 1. The topological polar surface area (TPSA) is 37.6 Å². The van der Waals surface area contributed by atoms with Crippen LogP contribution in [0.1, 0.15) is 21.5 Å². The molecule has 3 rings (SSSR count). The summed E-state index contributed by atoms with van der Waals surface area (Å²) in [5.74, 6) is -0.211. The normalized spacial score (nSPS) is 12.0. The van der Waals surface area contributed by atoms with Crippen molar-refractivity contribution in [2.75, 3.05) is 19.0 Å². The van der Waals surface area contributed by atoms with Crippen molar-refractivity contribution in [1.29, 1.82) is 0 Å². The van der Waals surface area contributed by atoms with Gasteiger partial charge in [-0.2, -0.15) is 4.99 Å². The average Bonchev–Trinajstić information content (AvgIpc) is 2.87. The van der Waals surface area contributed by atoms with E-state index in [-0.39, 0.29) is 5.91 Å². The lowest BCUT2D eigenvalue weighted by Gasteiger charge is -2.11. The molecule has 0 aliphatic rings. The molecule has 0 spiro atoms. The molecule has 0 atom stereocenters. The van der Waals surface area contributed by atoms with Crippen molar-refractivity contribution in [2.24, 2.45) is 12.0 Å². The summed E-state index contributed by atoms with van der Waals surface area (Å²) < 4.78 is 3.16. The maximum Gasteiger partial charge on any atom is 0.279 e. The minimum atomic E-state index is -0.211. The third-order valence-electron chi connectivity index (χ3n) is 4.32. The van der Waals surface area contributed by atoms with Gasteiger partial charge in [0.2, 0.25) is 0 Å². The van der Waals surface area contributed by atoms with E-state index >= 15 is 0 Å². The molecule has 1 heterocycles. The highest BCUT2D eigenvalue weighted by Gasteiger charge is 2.10. The Morgan fingerprint density at radius 2 is 1.75 bits per heavy atom. The van der Waals surface area contributed by atoms with Gasteiger partial charge >= 0.3 is 0 Å². The maximum absolute atomic E-state index is 12.5. The first-order chi connectivity index (χ1) is 11.4. The number of thiazole rings is 1. The Bertz CT molecular complexity index is 978. The van der Waals surface area contributed by atoms with Gasteiger partial charge in [0.25, 0.3) is 5.91 Å². The Labute approximate surface area is 145 Å². The van der Waals surface area contributed by atoms with E-state index in [1.807, 2.05) is 54.9 Å². The smallest absolute Gasteiger partial charge is 0.279 e. The lowest BCUT2D eigenvalue weighted by atomic mass is 10.1. The maximum atomic E-state index is 12.5. The van der Waals surface area contributed by atoms with Gasteiger partial charge in [0.15, 0.2) is 4.80 Å². The molecular formula is C19H21N3OS. The van der Waals surface area contributed by atoms with Crippen LogP contribution >= 0.6 is 11.3 Å². The molecule has 0 aliphatic carbocycles. The predicted molar refractivity (Wildman–Crippen MR) is 101 cm³/mol. The summed E-state index contributed by atoms with van der Waals surface area (Å²) in [6.45, 7) is 4.21. The fraction of sp³-hybridized carbons (Fsp3) is 0.263. The van der Waals surface area contributed by atoms with Crippen LogP contribution in [0.4, 0.5) is 5.69 Å². The number of fused-ring (bicyclic) bond motifs is 1. The monoisotopic (exact) mass is 339 g/mol. The molecule has 24 heavy (non-hydrogen) atoms. The van der Waals surface area contributed by atoms with Gasteiger partial charge in [-0.1, -0.05) is 17.4 Å². The molecule has 0 unspecified atom stereocenters. The summed E-state index contributed by atoms with van der Waals surface area (Å²) in [6, 6.07) is 11.7. The lowest BCUT2D eigenvalue weighted by Crippen LogP contribution is -2.14. The molecule has 0 aliphatic heterocycles. The Morgan fingerprint density at radius 3 is 2.38 bits per heavy atom. The van der Waals surface area contributed by atoms with Crippen LogP contribution in [0.15, 0.2) is 41.4 Å². The first-order valence-corrected chi connectivity index (χ1v) is 8.62. The van der Waals surface area contributed by atoms with Gasteiger partial charge in [-0.3, -0.25) is 4.79 Å². The van der Waals surface area contributed by atoms with Gasteiger partial charge in [0.05, 0.1) is 10.2 Å². The number of rotatable bonds is 2. The van der Waals surface area contributed by atoms with Crippen molar-refractivity contribution in [1.82, 2.24) is 4.57 Å². The van der Waals surface area contributed by atoms with Crippen LogP contribution in [0.2, 0.25) is 0 Å². The van der Waals surface area contributed by atoms with E-state index in [1.165, 1.54) is 11.1 Å². The molecule has 4 nitrogen and oxygen atoms in total. The number of benzene rings is 2. The fourth-order valence-electron chi connectivity index (χ4n) is 2.69. The molecule has 1 aromatic heterocycles. The van der Waals surface area contributed by atoms with Gasteiger partial charge in [0.1, 0.15) is 0 Å². The van der Waals surface area contributed by atoms with E-state index in [0.717, 1.165) is 20.7 Å². The molecular weight excluding hydrogens is 318 g/mol. The SMILES string of the molecule is Cc1ccc2sc(=NC(=O)c3ccc(N(C)C)cc3)n(C)c2c1C. The average molecular weight is 339 g/mol. The molecule has 0 radical (unpaired) electrons. The van der Waals surface area contributed by atoms with E-state index in [9.17, 15) is 4.79 Å². The summed E-state index contributed by atoms with van der Waals surface area (Å²) in [5, 5.41) is 0. The van der Waals surface area contributed by atoms with Crippen LogP contribution in [0.25, 0.3) is 10.2 Å². The number of anilines is 1. The van der Waals surface area contributed by atoms with Gasteiger partial charge < -0.3 is 9.47 Å². The third kappa shape index (κ3) is 2.87. The Kier molecular flexibility index (Phi) is 4.28. The van der Waals surface area contributed by atoms with Crippen molar-refractivity contribution >= 4 is 33.1 Å². The number of amides is 1. The van der Waals surface area contributed by atoms with Crippen LogP contribution in [0.5, 0.6) is 0 Å². The van der Waals surface area contributed by atoms with Crippen LogP contribution < -0.4 is 9.70 Å². The lowest BCUT2D eigenvalue weighted by molar-refractivity contribution is 0.0998. The Hall–Kier alpha value is -2.40. The van der Waals surface area contributed by atoms with Crippen molar-refractivity contribution in [3.63, 3.8) is 0 Å². The second-order valence-electron chi connectivity index (χ2n) is 6.16. The summed E-state index contributed by atoms with van der Waals surface area (Å²) in [5.41, 5.74) is 5.29. The number of nitrogens with zero attached hydrogens (tertiary/aromatic N) is 3. The zero-order valence-electron chi connectivity index (χ0n) is 14.6. The summed E-state index contributed by atoms with van der Waals surface area (Å²) in [7, 11) is 5.91. The Balaban J connectivity index is 2.05. The first kappa shape index (κ1) is 16.5. The van der Waals surface area contributed by atoms with Crippen molar-refractivity contribution in [2.45, 2.75) is 13.8 Å². The van der Waals surface area contributed by atoms with Crippen LogP contribution in [0.3, 0.4) is 0 Å². The predicted octanol–water partition coefficient (Wildman–Crippen LogP) is 3.66. The van der Waals surface area contributed by atoms with Gasteiger partial charge in [-0.25, -0.2) is 0 Å². The molecule has 5 heteroatoms. The van der Waals surface area contributed by atoms with Crippen LogP contribution in [-0.2, 0) is 7.05 Å². The number of carbonyl (C=O) groups is 1. The second kappa shape index (κ2) is 6.24. The first-order valence-electron chi connectivity index (χ1n) is 7.80. The van der Waals surface area contributed by atoms with Crippen molar-refractivity contribution in [3.8, 4) is 0 Å². The number of aryl methyl sites for hydroxylation is 3. The highest BCUT2D eigenvalue weighted by molar-refractivity contribution is 7.16. The second-order valence-corrected chi connectivity index (χ2v) is 7.17. The quantitative estimate of drug-likeness (QED) is 0.714. The zero-order chi connectivity index (χ0) is 17.4. The van der Waals surface area contributed by atoms with Gasteiger partial charge in [0, 0.05) is 32.4 Å². The summed E-state index contributed by atoms with van der Waals surface area (Å²) >= 11 is 1.55. The minimum absolute atomic E-state index is 0.211. The highest BCUT2D eigenvalue weighted by Crippen LogP contribution is 2.23. The molecule has 2 aromatic carbocycles. The van der Waals surface area contributed by atoms with E-state index in [0.29, 0.717) is 5.56 Å². The van der Waals surface area contributed by atoms with E-state index < -0.39 is 0 Å². The molecule has 1 amide bonds. The molecule has 0 saturated heterocycles. The third-order valence-corrected chi connectivity index (χ3v) is 5.41. The Morgan fingerprint density at radius 1 is 1.08 bits per heavy atom. The van der Waals surface area contributed by atoms with Gasteiger partial charge in [-0.15, -0.1) is 0 Å². The summed E-state index contributed by atoms with van der Waals surface area (Å²) in [4.78, 5) is 19.6. The fourth-order valence-corrected chi connectivity index (χ4v) is 3.77. The number of hydrogen-bond donors (Lipinski definition) is 0. The van der Waals surface area contributed by atoms with Crippen LogP contribution in [-0.4, -0.2) is 24.6 Å². The minimum Gasteiger partial charge on any atom is -0.378 e. The number of aromatic nitrogens is 1. The molecule has 0 fully saturated rings. The van der Waals surface area contributed by atoms with E-state index in [1.54, 1.807) is 11.3 Å². The molecule has 124 valence electrons. The summed E-state index contributed by atoms with van der Waals surface area (Å²) in [6.07, 6.45) is 0. The van der Waals surface area contributed by atoms with Crippen LogP contribution in [0, 0.1) is 13.8 Å². The molecule has 0 saturated carbocycles. The largest absolute Gasteiger partial charge is 0.378 e. The molecule has 0 N–H and O–H groups in total. The molecule has 3 aromatic rings. The molecule has 0 bridgehead atoms. The van der Waals surface area contributed by atoms with Crippen molar-refractivity contribution in [3.05, 3.63) is 57.9 Å². The zero-order valence-corrected chi connectivity index (χ0v) is 15.4. The van der Waals surface area contributed by atoms with E-state index in [2.05, 4.69) is 31.0 Å². The highest BCUT2D eigenvalue weighted by atomic mass is 32.1. The van der Waals surface area contributed by atoms with Crippen molar-refractivity contribution < 1.29 is 4.79 Å². The van der Waals surface area contributed by atoms with E-state index in [4.69, 9.17) is 0 Å². The standard InChI is InChI=1S/C19H21N3OS/c1-12-6-11-16-17(13(12)2)22(5)19(24-16)20-18(23)14-7-9-15(10-8-14)21(3)4/h6-11H,1-5H3. The number of hydrogen-bond acceptors (Lipinski definition) is 3. The van der Waals surface area contributed by atoms with Gasteiger partial charge in [-0.05, 0) is 55.3 Å².